The predicted octanol–water partition coefficient (Wildman–Crippen LogP) is 9.71. The number of carbonyl (C=O) groups is 1. The maximum atomic E-state index is 11.7. The predicted molar refractivity (Wildman–Crippen MR) is 207 cm³/mol. The number of aromatic nitrogens is 2. The lowest BCUT2D eigenvalue weighted by Gasteiger charge is -2.18. The molecule has 2 atom stereocenters. The van der Waals surface area contributed by atoms with Crippen LogP contribution in [-0.2, 0) is 31.0 Å². The number of carboxylic acids is 1. The molecule has 2 aliphatic rings. The van der Waals surface area contributed by atoms with Crippen LogP contribution in [0.3, 0.4) is 0 Å². The molecular weight excluding hydrogens is 713 g/mol. The highest BCUT2D eigenvalue weighted by molar-refractivity contribution is 6.32. The highest BCUT2D eigenvalue weighted by Gasteiger charge is 2.32. The van der Waals surface area contributed by atoms with E-state index in [4.69, 9.17) is 42.1 Å². The molecule has 2 N–H and O–H groups in total. The van der Waals surface area contributed by atoms with Crippen molar-refractivity contribution in [3.63, 3.8) is 0 Å². The molecule has 0 unspecified atom stereocenters. The first kappa shape index (κ1) is 38.7. The summed E-state index contributed by atoms with van der Waals surface area (Å²) < 4.78 is 23.6. The first-order chi connectivity index (χ1) is 25.7. The molecule has 2 aliphatic carbocycles. The number of nitrogens with one attached hydrogen (secondary N) is 1. The van der Waals surface area contributed by atoms with Crippen LogP contribution in [-0.4, -0.2) is 41.3 Å². The van der Waals surface area contributed by atoms with E-state index in [2.05, 4.69) is 47.3 Å². The molecule has 0 amide bonds. The zero-order valence-electron chi connectivity index (χ0n) is 31.0. The smallest absolute Gasteiger partial charge is 0.306 e. The summed E-state index contributed by atoms with van der Waals surface area (Å²) in [5, 5.41) is 14.0. The Morgan fingerprint density at radius 2 is 1.30 bits per heavy atom. The van der Waals surface area contributed by atoms with Gasteiger partial charge in [0.25, 0.3) is 0 Å². The van der Waals surface area contributed by atoms with Gasteiger partial charge in [0.05, 0.1) is 20.1 Å². The highest BCUT2D eigenvalue weighted by atomic mass is 35.5. The van der Waals surface area contributed by atoms with Crippen molar-refractivity contribution < 1.29 is 28.8 Å². The molecule has 0 spiro atoms. The van der Waals surface area contributed by atoms with Gasteiger partial charge >= 0.3 is 5.97 Å². The van der Waals surface area contributed by atoms with Gasteiger partial charge in [-0.3, -0.25) is 4.79 Å². The molecule has 2 saturated carbocycles. The maximum absolute atomic E-state index is 11.7. The number of halogens is 2. The molecule has 9 nitrogen and oxygen atoms in total. The van der Waals surface area contributed by atoms with Crippen LogP contribution >= 0.6 is 23.2 Å². The fourth-order valence-electron chi connectivity index (χ4n) is 7.84. The van der Waals surface area contributed by atoms with Gasteiger partial charge in [-0.25, -0.2) is 0 Å². The van der Waals surface area contributed by atoms with Crippen LogP contribution in [0, 0.1) is 25.7 Å². The van der Waals surface area contributed by atoms with Crippen LogP contribution in [0.5, 0.6) is 23.5 Å². The van der Waals surface area contributed by atoms with Crippen molar-refractivity contribution in [3.05, 3.63) is 92.0 Å². The van der Waals surface area contributed by atoms with Crippen molar-refractivity contribution >= 4 is 29.2 Å². The van der Waals surface area contributed by atoms with Gasteiger partial charge in [-0.05, 0) is 104 Å². The molecule has 0 saturated heterocycles. The van der Waals surface area contributed by atoms with E-state index >= 15 is 0 Å². The van der Waals surface area contributed by atoms with Crippen LogP contribution < -0.4 is 24.3 Å². The number of carboxylic acid groups (broad SMARTS) is 1. The fourth-order valence-corrected chi connectivity index (χ4v) is 8.29. The van der Waals surface area contributed by atoms with E-state index in [0.717, 1.165) is 70.2 Å². The van der Waals surface area contributed by atoms with Crippen molar-refractivity contribution in [1.82, 2.24) is 15.3 Å². The summed E-state index contributed by atoms with van der Waals surface area (Å²) >= 11 is 13.3. The quantitative estimate of drug-likeness (QED) is 0.115. The summed E-state index contributed by atoms with van der Waals surface area (Å²) in [6, 6.07) is 16.6. The van der Waals surface area contributed by atoms with E-state index in [1.165, 1.54) is 25.7 Å². The van der Waals surface area contributed by atoms with Crippen molar-refractivity contribution in [3.8, 4) is 34.6 Å². The van der Waals surface area contributed by atoms with Gasteiger partial charge in [0, 0.05) is 23.7 Å². The van der Waals surface area contributed by atoms with Crippen LogP contribution in [0.25, 0.3) is 11.1 Å². The number of nitrogens with zero attached hydrogens (tertiary/aromatic N) is 2. The Bertz CT molecular complexity index is 1910. The number of rotatable bonds is 16. The number of aryl methyl sites for hydroxylation is 1. The summed E-state index contributed by atoms with van der Waals surface area (Å²) in [6.07, 6.45) is 8.90. The third-order valence-electron chi connectivity index (χ3n) is 11.0. The standard InChI is InChI=1S/C42H49Cl2N3O6/c1-25-29(23-52-40-36(43)20-28(38(46-40)50-3)19-18-27-10-7-17-35(27)42(48)49)11-8-15-33(25)34-16-9-12-30(26(34)2)24-53-41-37(44)21-31(39(47-41)51-4)22-45-32-13-5-6-14-32/h8-9,11-12,15-16,20-21,27,32,35,45H,5-7,10,13-14,17-19,22-24H2,1-4H3,(H,48,49)/t27-,35-/m0/s1. The van der Waals surface area contributed by atoms with Crippen molar-refractivity contribution in [2.45, 2.75) is 97.4 Å². The molecular formula is C42H49Cl2N3O6. The molecule has 53 heavy (non-hydrogen) atoms. The second-order valence-electron chi connectivity index (χ2n) is 14.2. The molecule has 282 valence electrons. The van der Waals surface area contributed by atoms with Gasteiger partial charge in [-0.1, -0.05) is 78.9 Å². The van der Waals surface area contributed by atoms with Crippen LogP contribution in [0.1, 0.15) is 84.7 Å². The normalized spacial score (nSPS) is 17.2. The van der Waals surface area contributed by atoms with Crippen molar-refractivity contribution in [2.24, 2.45) is 11.8 Å². The zero-order valence-corrected chi connectivity index (χ0v) is 32.5. The average molecular weight is 763 g/mol. The third-order valence-corrected chi connectivity index (χ3v) is 11.5. The maximum Gasteiger partial charge on any atom is 0.306 e. The second kappa shape index (κ2) is 17.9. The third kappa shape index (κ3) is 9.19. The Morgan fingerprint density at radius 3 is 1.85 bits per heavy atom. The summed E-state index contributed by atoms with van der Waals surface area (Å²) in [5.41, 5.74) is 8.11. The number of hydrogen-bond donors (Lipinski definition) is 2. The van der Waals surface area contributed by atoms with Crippen LogP contribution in [0.4, 0.5) is 0 Å². The lowest BCUT2D eigenvalue weighted by molar-refractivity contribution is -0.143. The molecule has 0 radical (unpaired) electrons. The Balaban J connectivity index is 1.12. The fraction of sp³-hybridized carbons (Fsp3) is 0.452. The van der Waals surface area contributed by atoms with Gasteiger partial charge in [0.1, 0.15) is 23.3 Å². The number of benzene rings is 2. The number of ether oxygens (including phenoxy) is 4. The van der Waals surface area contributed by atoms with E-state index in [9.17, 15) is 9.90 Å². The van der Waals surface area contributed by atoms with E-state index in [-0.39, 0.29) is 18.4 Å². The zero-order chi connectivity index (χ0) is 37.5. The largest absolute Gasteiger partial charge is 0.481 e. The van der Waals surface area contributed by atoms with E-state index in [1.807, 2.05) is 30.3 Å². The van der Waals surface area contributed by atoms with E-state index in [1.54, 1.807) is 14.2 Å². The van der Waals surface area contributed by atoms with Crippen molar-refractivity contribution in [1.29, 1.82) is 0 Å². The lowest BCUT2D eigenvalue weighted by Crippen LogP contribution is -2.25. The molecule has 0 bridgehead atoms. The molecule has 2 aromatic carbocycles. The first-order valence-electron chi connectivity index (χ1n) is 18.5. The van der Waals surface area contributed by atoms with Gasteiger partial charge in [0.15, 0.2) is 0 Å². The molecule has 2 aromatic heterocycles. The minimum Gasteiger partial charge on any atom is -0.481 e. The van der Waals surface area contributed by atoms with Gasteiger partial charge < -0.3 is 29.4 Å². The minimum absolute atomic E-state index is 0.143. The molecule has 11 heteroatoms. The summed E-state index contributed by atoms with van der Waals surface area (Å²) in [5.74, 6) is 0.726. The number of hydrogen-bond acceptors (Lipinski definition) is 8. The van der Waals surface area contributed by atoms with Gasteiger partial charge in [0.2, 0.25) is 23.5 Å². The monoisotopic (exact) mass is 761 g/mol. The summed E-state index contributed by atoms with van der Waals surface area (Å²) in [4.78, 5) is 20.9. The first-order valence-corrected chi connectivity index (χ1v) is 19.3. The molecule has 4 aromatic rings. The second-order valence-corrected chi connectivity index (χ2v) is 15.0. The molecule has 2 heterocycles. The van der Waals surface area contributed by atoms with Gasteiger partial charge in [-0.2, -0.15) is 9.97 Å². The Hall–Kier alpha value is -4.05. The highest BCUT2D eigenvalue weighted by Crippen LogP contribution is 2.38. The molecule has 0 aliphatic heterocycles. The van der Waals surface area contributed by atoms with Crippen LogP contribution in [0.2, 0.25) is 10.0 Å². The summed E-state index contributed by atoms with van der Waals surface area (Å²) in [6.45, 7) is 5.38. The number of methoxy groups -OCH3 is 2. The molecule has 6 rings (SSSR count). The lowest BCUT2D eigenvalue weighted by atomic mass is 9.90. The topological polar surface area (TPSA) is 112 Å². The van der Waals surface area contributed by atoms with Crippen LogP contribution in [0.15, 0.2) is 48.5 Å². The Labute approximate surface area is 322 Å². The number of aliphatic carboxylic acids is 1. The Morgan fingerprint density at radius 1 is 0.755 bits per heavy atom. The average Bonchev–Trinajstić information content (AvgIpc) is 3.86. The molecule has 2 fully saturated rings. The van der Waals surface area contributed by atoms with Crippen molar-refractivity contribution in [2.75, 3.05) is 14.2 Å². The minimum atomic E-state index is -0.709. The van der Waals surface area contributed by atoms with E-state index in [0.29, 0.717) is 59.2 Å². The summed E-state index contributed by atoms with van der Waals surface area (Å²) in [7, 11) is 3.19. The Kier molecular flexibility index (Phi) is 13.0. The van der Waals surface area contributed by atoms with E-state index < -0.39 is 5.97 Å². The number of pyridine rings is 2. The van der Waals surface area contributed by atoms with Gasteiger partial charge in [-0.15, -0.1) is 0 Å². The SMILES string of the molecule is COc1nc(OCc2cccc(-c3cccc(COc4nc(OC)c(CNC5CCCC5)cc4Cl)c3C)c2C)c(Cl)cc1CC[C@@H]1CCC[C@@H]1C(=O)O.